The van der Waals surface area contributed by atoms with E-state index in [0.29, 0.717) is 0 Å². The summed E-state index contributed by atoms with van der Waals surface area (Å²) in [6.07, 6.45) is 0. The fourth-order valence-electron chi connectivity index (χ4n) is 2.71. The van der Waals surface area contributed by atoms with Crippen molar-refractivity contribution in [3.05, 3.63) is 60.3 Å². The molecule has 21 heavy (non-hydrogen) atoms. The Morgan fingerprint density at radius 1 is 1.00 bits per heavy atom. The van der Waals surface area contributed by atoms with Gasteiger partial charge in [0.05, 0.1) is 11.4 Å². The van der Waals surface area contributed by atoms with Crippen molar-refractivity contribution >= 4 is 0 Å². The molecule has 0 bridgehead atoms. The van der Waals surface area contributed by atoms with Crippen molar-refractivity contribution in [2.45, 2.75) is 20.4 Å². The fourth-order valence-corrected chi connectivity index (χ4v) is 2.71. The van der Waals surface area contributed by atoms with E-state index in [2.05, 4.69) is 24.2 Å². The number of phenols is 1. The van der Waals surface area contributed by atoms with Gasteiger partial charge < -0.3 is 5.11 Å². The maximum Gasteiger partial charge on any atom is 0.123 e. The molecular weight excluding hydrogens is 260 g/mol. The first-order chi connectivity index (χ1) is 10.2. The molecule has 106 valence electrons. The van der Waals surface area contributed by atoms with Crippen molar-refractivity contribution in [1.29, 1.82) is 0 Å². The van der Waals surface area contributed by atoms with E-state index in [0.717, 1.165) is 34.6 Å². The van der Waals surface area contributed by atoms with E-state index in [1.54, 1.807) is 6.07 Å². The molecule has 0 radical (unpaired) electrons. The molecule has 1 N–H and O–H groups in total. The van der Waals surface area contributed by atoms with Crippen molar-refractivity contribution < 1.29 is 5.11 Å². The first-order valence-corrected chi connectivity index (χ1v) is 7.13. The minimum Gasteiger partial charge on any atom is -0.507 e. The highest BCUT2D eigenvalue weighted by Crippen LogP contribution is 2.38. The van der Waals surface area contributed by atoms with Crippen molar-refractivity contribution in [2.75, 3.05) is 0 Å². The lowest BCUT2D eigenvalue weighted by Gasteiger charge is -2.10. The Kier molecular flexibility index (Phi) is 3.48. The molecule has 1 heterocycles. The Hall–Kier alpha value is -2.55. The van der Waals surface area contributed by atoms with Crippen LogP contribution in [-0.2, 0) is 6.54 Å². The second-order valence-corrected chi connectivity index (χ2v) is 5.01. The van der Waals surface area contributed by atoms with Gasteiger partial charge >= 0.3 is 0 Å². The molecule has 1 aromatic heterocycles. The summed E-state index contributed by atoms with van der Waals surface area (Å²) in [5.74, 6) is 0.286. The quantitative estimate of drug-likeness (QED) is 0.777. The maximum absolute atomic E-state index is 10.2. The first-order valence-electron chi connectivity index (χ1n) is 7.13. The Labute approximate surface area is 124 Å². The molecule has 0 unspecified atom stereocenters. The SMILES string of the molecule is CCn1nc(C)c(-c2ccccc2O)c1-c1ccccc1. The zero-order valence-electron chi connectivity index (χ0n) is 12.2. The molecule has 0 saturated heterocycles. The third-order valence-corrected chi connectivity index (χ3v) is 3.65. The fraction of sp³-hybridized carbons (Fsp3) is 0.167. The van der Waals surface area contributed by atoms with Crippen LogP contribution in [0.15, 0.2) is 54.6 Å². The van der Waals surface area contributed by atoms with Crippen LogP contribution in [0.4, 0.5) is 0 Å². The number of phenolic OH excluding ortho intramolecular Hbond substituents is 1. The molecule has 0 atom stereocenters. The summed E-state index contributed by atoms with van der Waals surface area (Å²) < 4.78 is 1.99. The molecule has 3 aromatic rings. The highest BCUT2D eigenvalue weighted by molar-refractivity contribution is 5.85. The average Bonchev–Trinajstić information content (AvgIpc) is 2.85. The van der Waals surface area contributed by atoms with Gasteiger partial charge in [0.15, 0.2) is 0 Å². The normalized spacial score (nSPS) is 10.8. The summed E-state index contributed by atoms with van der Waals surface area (Å²) in [6.45, 7) is 4.85. The number of aromatic nitrogens is 2. The Morgan fingerprint density at radius 3 is 2.33 bits per heavy atom. The van der Waals surface area contributed by atoms with E-state index in [1.165, 1.54) is 0 Å². The predicted octanol–water partition coefficient (Wildman–Crippen LogP) is 4.25. The van der Waals surface area contributed by atoms with Crippen LogP contribution in [0.2, 0.25) is 0 Å². The number of nitrogens with zero attached hydrogens (tertiary/aromatic N) is 2. The van der Waals surface area contributed by atoms with Gasteiger partial charge in [-0.05, 0) is 19.9 Å². The van der Waals surface area contributed by atoms with Gasteiger partial charge in [-0.1, -0.05) is 48.5 Å². The van der Waals surface area contributed by atoms with E-state index >= 15 is 0 Å². The van der Waals surface area contributed by atoms with E-state index in [-0.39, 0.29) is 5.75 Å². The number of aryl methyl sites for hydroxylation is 2. The minimum atomic E-state index is 0.286. The molecule has 2 aromatic carbocycles. The van der Waals surface area contributed by atoms with Crippen LogP contribution in [0.5, 0.6) is 5.75 Å². The maximum atomic E-state index is 10.2. The first kappa shape index (κ1) is 13.4. The summed E-state index contributed by atoms with van der Waals surface area (Å²) >= 11 is 0. The van der Waals surface area contributed by atoms with Gasteiger partial charge in [-0.2, -0.15) is 5.10 Å². The summed E-state index contributed by atoms with van der Waals surface area (Å²) in [5, 5.41) is 14.8. The highest BCUT2D eigenvalue weighted by Gasteiger charge is 2.19. The molecule has 3 nitrogen and oxygen atoms in total. The molecular formula is C18H18N2O. The average molecular weight is 278 g/mol. The monoisotopic (exact) mass is 278 g/mol. The van der Waals surface area contributed by atoms with E-state index in [9.17, 15) is 5.11 Å². The predicted molar refractivity (Wildman–Crippen MR) is 85.2 cm³/mol. The number of rotatable bonds is 3. The molecule has 0 fully saturated rings. The van der Waals surface area contributed by atoms with Gasteiger partial charge in [-0.15, -0.1) is 0 Å². The van der Waals surface area contributed by atoms with Crippen LogP contribution in [-0.4, -0.2) is 14.9 Å². The van der Waals surface area contributed by atoms with Crippen LogP contribution in [0.1, 0.15) is 12.6 Å². The smallest absolute Gasteiger partial charge is 0.123 e. The Bertz CT molecular complexity index is 760. The topological polar surface area (TPSA) is 38.0 Å². The van der Waals surface area contributed by atoms with Gasteiger partial charge in [-0.25, -0.2) is 0 Å². The van der Waals surface area contributed by atoms with Crippen molar-refractivity contribution in [3.8, 4) is 28.1 Å². The van der Waals surface area contributed by atoms with Crippen molar-refractivity contribution in [1.82, 2.24) is 9.78 Å². The largest absolute Gasteiger partial charge is 0.507 e. The van der Waals surface area contributed by atoms with Crippen LogP contribution in [0, 0.1) is 6.92 Å². The Morgan fingerprint density at radius 2 is 1.67 bits per heavy atom. The lowest BCUT2D eigenvalue weighted by molar-refractivity contribution is 0.477. The highest BCUT2D eigenvalue weighted by atomic mass is 16.3. The number of aromatic hydroxyl groups is 1. The van der Waals surface area contributed by atoms with Crippen LogP contribution >= 0.6 is 0 Å². The lowest BCUT2D eigenvalue weighted by Crippen LogP contribution is -1.99. The summed E-state index contributed by atoms with van der Waals surface area (Å²) in [6, 6.07) is 17.6. The third-order valence-electron chi connectivity index (χ3n) is 3.65. The van der Waals surface area contributed by atoms with Gasteiger partial charge in [0, 0.05) is 23.2 Å². The molecule has 0 amide bonds. The van der Waals surface area contributed by atoms with Crippen molar-refractivity contribution in [3.63, 3.8) is 0 Å². The number of hydrogen-bond acceptors (Lipinski definition) is 2. The van der Waals surface area contributed by atoms with E-state index < -0.39 is 0 Å². The molecule has 0 aliphatic rings. The van der Waals surface area contributed by atoms with E-state index in [4.69, 9.17) is 0 Å². The molecule has 0 aliphatic carbocycles. The molecule has 3 heteroatoms. The summed E-state index contributed by atoms with van der Waals surface area (Å²) in [5.41, 5.74) is 4.92. The minimum absolute atomic E-state index is 0.286. The number of hydrogen-bond donors (Lipinski definition) is 1. The number of para-hydroxylation sites is 1. The Balaban J connectivity index is 2.31. The molecule has 0 aliphatic heterocycles. The summed E-state index contributed by atoms with van der Waals surface area (Å²) in [4.78, 5) is 0. The molecule has 0 saturated carbocycles. The number of benzene rings is 2. The zero-order valence-corrected chi connectivity index (χ0v) is 12.2. The van der Waals surface area contributed by atoms with Gasteiger partial charge in [0.1, 0.15) is 5.75 Å². The van der Waals surface area contributed by atoms with Crippen LogP contribution in [0.25, 0.3) is 22.4 Å². The zero-order chi connectivity index (χ0) is 14.8. The van der Waals surface area contributed by atoms with Crippen LogP contribution in [0.3, 0.4) is 0 Å². The lowest BCUT2D eigenvalue weighted by atomic mass is 9.98. The van der Waals surface area contributed by atoms with Gasteiger partial charge in [0.2, 0.25) is 0 Å². The molecule has 0 spiro atoms. The van der Waals surface area contributed by atoms with Gasteiger partial charge in [0.25, 0.3) is 0 Å². The standard InChI is InChI=1S/C18H18N2O/c1-3-20-18(14-9-5-4-6-10-14)17(13(2)19-20)15-11-7-8-12-16(15)21/h4-12,21H,3H2,1-2H3. The summed E-state index contributed by atoms with van der Waals surface area (Å²) in [7, 11) is 0. The second kappa shape index (κ2) is 5.44. The van der Waals surface area contributed by atoms with Crippen LogP contribution < -0.4 is 0 Å². The molecule has 3 rings (SSSR count). The van der Waals surface area contributed by atoms with E-state index in [1.807, 2.05) is 48.0 Å². The second-order valence-electron chi connectivity index (χ2n) is 5.01. The third kappa shape index (κ3) is 2.31. The van der Waals surface area contributed by atoms with Crippen molar-refractivity contribution in [2.24, 2.45) is 0 Å². The van der Waals surface area contributed by atoms with Gasteiger partial charge in [-0.3, -0.25) is 4.68 Å².